The fraction of sp³-hybridized carbons (Fsp3) is 0.0833. The molecule has 19 rings (SSSR count). The van der Waals surface area contributed by atoms with Crippen molar-refractivity contribution in [2.45, 2.75) is 55.4 Å². The molecule has 0 spiro atoms. The first-order valence-corrected chi connectivity index (χ1v) is 36.2. The van der Waals surface area contributed by atoms with Crippen LogP contribution in [-0.4, -0.2) is 49.8 Å². The molecule has 11 heterocycles. The number of benzene rings is 8. The highest BCUT2D eigenvalue weighted by Gasteiger charge is 2.36. The van der Waals surface area contributed by atoms with Gasteiger partial charge in [-0.25, -0.2) is 29.9 Å². The lowest BCUT2D eigenvalue weighted by molar-refractivity contribution is 1.25. The van der Waals surface area contributed by atoms with Gasteiger partial charge in [-0.15, -0.1) is 0 Å². The number of nitrogens with one attached hydrogen (secondary N) is 4. The third kappa shape index (κ3) is 11.0. The van der Waals surface area contributed by atoms with Gasteiger partial charge >= 0.3 is 0 Å². The van der Waals surface area contributed by atoms with E-state index >= 15 is 0 Å². The number of nitrogens with zero attached hydrogens (tertiary/aromatic N) is 6. The Hall–Kier alpha value is -13.4. The Morgan fingerprint density at radius 2 is 0.292 bits per heavy atom. The highest BCUT2D eigenvalue weighted by molar-refractivity contribution is 6.09. The molecular formula is C96H72N10. The normalized spacial score (nSPS) is 12.1. The van der Waals surface area contributed by atoms with Gasteiger partial charge < -0.3 is 19.9 Å². The lowest BCUT2D eigenvalue weighted by atomic mass is 9.97. The standard InChI is InChI=1S/C96H72N10/c1-53-9-25-61(26-10-53)81-69-41-42-70(97-69)82(62-27-11-54(2)12-28-62)74-46-50-78(100-74)86(66-35-19-58(6)20-36-66)90-94-93(89(103-90)85(77-49-45-73(81)99-77)65-33-17-57(5)18-34-65)105-95-91-87(67-37-21-59(7)22-38-67)79-51-47-75(101-79)83(63-29-13-55(3)14-30-63)71-43-44-72(98-71)84(64-31-15-56(4)16-32-64)76-48-52-80(102-76)88(92(104-91)96(95)106-94)68-39-23-60(8)24-40-68/h9-52,99-102H,1-8H3. The van der Waals surface area contributed by atoms with Gasteiger partial charge in [-0.3, -0.25) is 0 Å². The second-order valence-corrected chi connectivity index (χ2v) is 28.7. The number of H-pyrrole nitrogens is 4. The molecule has 0 fully saturated rings. The van der Waals surface area contributed by atoms with Crippen LogP contribution in [0, 0.1) is 55.4 Å². The molecule has 7 aromatic heterocycles. The van der Waals surface area contributed by atoms with Crippen molar-refractivity contribution >= 4 is 68.4 Å². The molecule has 0 aliphatic carbocycles. The van der Waals surface area contributed by atoms with Gasteiger partial charge in [-0.2, -0.15) is 0 Å². The Balaban J connectivity index is 1.02. The zero-order valence-corrected chi connectivity index (χ0v) is 60.1. The average Bonchev–Trinajstić information content (AvgIpc) is 1.55. The second kappa shape index (κ2) is 25.2. The summed E-state index contributed by atoms with van der Waals surface area (Å²) in [4.78, 5) is 52.3. The molecule has 10 nitrogen and oxygen atoms in total. The lowest BCUT2D eigenvalue weighted by Gasteiger charge is -2.11. The van der Waals surface area contributed by atoms with Crippen LogP contribution in [0.15, 0.2) is 243 Å². The van der Waals surface area contributed by atoms with Crippen molar-refractivity contribution in [3.63, 3.8) is 0 Å². The second-order valence-electron chi connectivity index (χ2n) is 28.7. The maximum absolute atomic E-state index is 6.25. The monoisotopic (exact) mass is 1360 g/mol. The Labute approximate surface area is 614 Å². The summed E-state index contributed by atoms with van der Waals surface area (Å²) in [6.07, 6.45) is 8.64. The molecule has 106 heavy (non-hydrogen) atoms. The molecular weight excluding hydrogens is 1290 g/mol. The molecule has 4 aliphatic rings. The summed E-state index contributed by atoms with van der Waals surface area (Å²) in [5.74, 6) is 0. The van der Waals surface area contributed by atoms with Gasteiger partial charge in [0.1, 0.15) is 45.6 Å². The number of fused-ring (bicyclic) bond motifs is 22. The minimum absolute atomic E-state index is 0.609. The molecule has 0 unspecified atom stereocenters. The van der Waals surface area contributed by atoms with Gasteiger partial charge in [0.15, 0.2) is 0 Å². The van der Waals surface area contributed by atoms with E-state index in [-0.39, 0.29) is 0 Å². The predicted molar refractivity (Wildman–Crippen MR) is 439 cm³/mol. The molecule has 0 saturated carbocycles. The van der Waals surface area contributed by atoms with Gasteiger partial charge in [0, 0.05) is 88.6 Å². The summed E-state index contributed by atoms with van der Waals surface area (Å²) in [6.45, 7) is 17.0. The number of aromatic amines is 4. The van der Waals surface area contributed by atoms with Crippen LogP contribution < -0.4 is 0 Å². The lowest BCUT2D eigenvalue weighted by Crippen LogP contribution is -1.97. The van der Waals surface area contributed by atoms with E-state index in [9.17, 15) is 0 Å². The zero-order chi connectivity index (χ0) is 71.6. The SMILES string of the molecule is Cc1ccc(-c2c3nc(c(-c4ccc(C)cc4)c4ccc([nH]4)c(-c4ccc(C)cc4)c4nc(c(-c5ccc(C)cc5)c5ccc2[nH]5)-c2nc5c(nc2-4)-c2nc-5c(-c4ccc(C)cc4)c4ccc([nH]4)c(-c4ccc(C)cc4)c4nc(c(-c5ccc(C)cc5)c5ccc([nH]5)c2-c2ccc(C)cc2)C=C4)C=C3)cc1. The van der Waals surface area contributed by atoms with Crippen molar-refractivity contribution in [3.8, 4) is 135 Å². The number of aryl methyl sites for hydroxylation is 8. The summed E-state index contributed by atoms with van der Waals surface area (Å²) in [5, 5.41) is 0. The van der Waals surface area contributed by atoms with Crippen molar-refractivity contribution in [3.05, 3.63) is 310 Å². The van der Waals surface area contributed by atoms with E-state index in [1.165, 1.54) is 22.3 Å². The Bertz CT molecular complexity index is 5770. The summed E-state index contributed by atoms with van der Waals surface area (Å²) in [5.41, 5.74) is 39.7. The van der Waals surface area contributed by atoms with E-state index in [2.05, 4.69) is 342 Å². The number of rotatable bonds is 8. The first-order chi connectivity index (χ1) is 51.7. The van der Waals surface area contributed by atoms with E-state index < -0.39 is 0 Å². The van der Waals surface area contributed by atoms with Crippen LogP contribution in [0.5, 0.6) is 0 Å². The van der Waals surface area contributed by atoms with Crippen LogP contribution in [-0.2, 0) is 0 Å². The zero-order valence-electron chi connectivity index (χ0n) is 60.1. The molecule has 0 saturated heterocycles. The Kier molecular flexibility index (Phi) is 15.1. The van der Waals surface area contributed by atoms with Crippen LogP contribution in [0.25, 0.3) is 203 Å². The van der Waals surface area contributed by atoms with E-state index in [1.54, 1.807) is 0 Å². The van der Waals surface area contributed by atoms with Crippen molar-refractivity contribution in [1.29, 1.82) is 0 Å². The largest absolute Gasteiger partial charge is 0.354 e. The van der Waals surface area contributed by atoms with E-state index in [4.69, 9.17) is 29.9 Å². The first kappa shape index (κ1) is 63.5. The predicted octanol–water partition coefficient (Wildman–Crippen LogP) is 24.5. The fourth-order valence-electron chi connectivity index (χ4n) is 15.5. The number of hydrogen-bond acceptors (Lipinski definition) is 6. The molecule has 506 valence electrons. The van der Waals surface area contributed by atoms with Crippen molar-refractivity contribution in [2.75, 3.05) is 0 Å². The molecule has 10 heteroatoms. The van der Waals surface area contributed by atoms with Gasteiger partial charge in [-0.1, -0.05) is 239 Å². The quantitative estimate of drug-likeness (QED) is 0.119. The van der Waals surface area contributed by atoms with Crippen LogP contribution in [0.1, 0.15) is 67.3 Å². The molecule has 16 bridgehead atoms. The number of hydrogen-bond donors (Lipinski definition) is 4. The summed E-state index contributed by atoms with van der Waals surface area (Å²) >= 11 is 0. The molecule has 0 atom stereocenters. The third-order valence-corrected chi connectivity index (χ3v) is 21.1. The van der Waals surface area contributed by atoms with Crippen molar-refractivity contribution in [1.82, 2.24) is 49.8 Å². The maximum Gasteiger partial charge on any atom is 0.118 e. The smallest absolute Gasteiger partial charge is 0.118 e. The van der Waals surface area contributed by atoms with E-state index in [0.29, 0.717) is 45.6 Å². The summed E-state index contributed by atoms with van der Waals surface area (Å²) < 4.78 is 0. The molecule has 4 N–H and O–H groups in total. The van der Waals surface area contributed by atoms with Crippen molar-refractivity contribution in [2.24, 2.45) is 0 Å². The Morgan fingerprint density at radius 3 is 0.462 bits per heavy atom. The van der Waals surface area contributed by atoms with Crippen molar-refractivity contribution < 1.29 is 0 Å². The van der Waals surface area contributed by atoms with Crippen LogP contribution in [0.2, 0.25) is 0 Å². The minimum atomic E-state index is 0.609. The molecule has 15 aromatic rings. The molecule has 8 aromatic carbocycles. The average molecular weight is 1370 g/mol. The Morgan fingerprint density at radius 1 is 0.151 bits per heavy atom. The highest BCUT2D eigenvalue weighted by atomic mass is 15.0. The topological polar surface area (TPSA) is 140 Å². The summed E-state index contributed by atoms with van der Waals surface area (Å²) in [6, 6.07) is 87.6. The van der Waals surface area contributed by atoms with Gasteiger partial charge in [0.05, 0.1) is 22.8 Å². The molecule has 0 amide bonds. The minimum Gasteiger partial charge on any atom is -0.354 e. The molecule has 0 radical (unpaired) electrons. The van der Waals surface area contributed by atoms with Crippen LogP contribution in [0.3, 0.4) is 0 Å². The van der Waals surface area contributed by atoms with Gasteiger partial charge in [-0.05, 0) is 173 Å². The van der Waals surface area contributed by atoms with Crippen LogP contribution >= 0.6 is 0 Å². The van der Waals surface area contributed by atoms with Gasteiger partial charge in [0.25, 0.3) is 0 Å². The van der Waals surface area contributed by atoms with Gasteiger partial charge in [0.2, 0.25) is 0 Å². The van der Waals surface area contributed by atoms with E-state index in [1.807, 2.05) is 0 Å². The fourth-order valence-corrected chi connectivity index (χ4v) is 15.5. The van der Waals surface area contributed by atoms with Crippen LogP contribution in [0.4, 0.5) is 0 Å². The highest BCUT2D eigenvalue weighted by Crippen LogP contribution is 2.52. The molecule has 4 aliphatic heterocycles. The third-order valence-electron chi connectivity index (χ3n) is 21.1. The maximum atomic E-state index is 6.25. The first-order valence-electron chi connectivity index (χ1n) is 36.2. The number of aromatic nitrogens is 10. The van der Waals surface area contributed by atoms with E-state index in [0.717, 1.165) is 178 Å². The summed E-state index contributed by atoms with van der Waals surface area (Å²) in [7, 11) is 0.